The molecule has 0 amide bonds. The fraction of sp³-hybridized carbons (Fsp3) is 0.235. The Morgan fingerprint density at radius 1 is 1.04 bits per heavy atom. The Kier molecular flexibility index (Phi) is 6.00. The van der Waals surface area contributed by atoms with E-state index in [9.17, 15) is 9.90 Å². The van der Waals surface area contributed by atoms with Crippen molar-refractivity contribution in [2.45, 2.75) is 0 Å². The molecule has 0 radical (unpaired) electrons. The molecule has 7 heteroatoms. The lowest BCUT2D eigenvalue weighted by atomic mass is 9.97. The zero-order chi connectivity index (χ0) is 17.5. The molecule has 24 heavy (non-hydrogen) atoms. The number of aromatic carboxylic acids is 1. The Balaban J connectivity index is 2.44. The molecule has 0 spiro atoms. The number of nitrogens with zero attached hydrogens (tertiary/aromatic N) is 2. The first-order chi connectivity index (χ1) is 11.6. The fourth-order valence-corrected chi connectivity index (χ4v) is 2.57. The van der Waals surface area contributed by atoms with Crippen molar-refractivity contribution >= 4 is 17.3 Å². The molecule has 2 rings (SSSR count). The maximum Gasteiger partial charge on any atom is 0.336 e. The number of carboxylic acid groups (broad SMARTS) is 1. The maximum atomic E-state index is 11.4. The van der Waals surface area contributed by atoms with E-state index in [0.717, 1.165) is 5.69 Å². The average molecular weight is 329 g/mol. The highest BCUT2D eigenvalue weighted by Gasteiger charge is 2.16. The van der Waals surface area contributed by atoms with Gasteiger partial charge in [0.15, 0.2) is 0 Å². The van der Waals surface area contributed by atoms with Crippen molar-refractivity contribution in [1.29, 1.82) is 5.53 Å². The van der Waals surface area contributed by atoms with Crippen molar-refractivity contribution in [3.63, 3.8) is 0 Å². The number of hydrogen-bond acceptors (Lipinski definition) is 6. The van der Waals surface area contributed by atoms with Crippen LogP contribution in [-0.4, -0.2) is 47.6 Å². The van der Waals surface area contributed by atoms with Gasteiger partial charge >= 0.3 is 5.97 Å². The van der Waals surface area contributed by atoms with Gasteiger partial charge in [0.25, 0.3) is 0 Å². The van der Waals surface area contributed by atoms with Gasteiger partial charge in [0.2, 0.25) is 0 Å². The molecule has 7 nitrogen and oxygen atoms in total. The molecule has 0 aliphatic rings. The van der Waals surface area contributed by atoms with Crippen molar-refractivity contribution in [2.75, 3.05) is 31.2 Å². The van der Waals surface area contributed by atoms with E-state index < -0.39 is 5.97 Å². The third-order valence-electron chi connectivity index (χ3n) is 3.65. The Hall–Kier alpha value is -2.77. The number of carbonyl (C=O) groups is 1. The highest BCUT2D eigenvalue weighted by molar-refractivity contribution is 5.99. The molecular formula is C17H19N3O4. The number of rotatable bonds is 8. The first kappa shape index (κ1) is 17.6. The second-order valence-corrected chi connectivity index (χ2v) is 5.10. The lowest BCUT2D eigenvalue weighted by Gasteiger charge is -2.23. The number of carboxylic acids is 1. The predicted molar refractivity (Wildman–Crippen MR) is 90.0 cm³/mol. The summed E-state index contributed by atoms with van der Waals surface area (Å²) in [6.45, 7) is 0.703. The van der Waals surface area contributed by atoms with Crippen LogP contribution in [0.4, 0.5) is 11.4 Å². The van der Waals surface area contributed by atoms with Gasteiger partial charge in [0.1, 0.15) is 0 Å². The third-order valence-corrected chi connectivity index (χ3v) is 3.65. The summed E-state index contributed by atoms with van der Waals surface area (Å²) in [4.78, 5) is 13.3. The molecule has 126 valence electrons. The quantitative estimate of drug-likeness (QED) is 0.555. The van der Waals surface area contributed by atoms with Gasteiger partial charge in [-0.1, -0.05) is 18.2 Å². The molecule has 0 atom stereocenters. The van der Waals surface area contributed by atoms with Crippen LogP contribution >= 0.6 is 0 Å². The minimum absolute atomic E-state index is 0.0362. The minimum atomic E-state index is -1.08. The molecule has 4 N–H and O–H groups in total. The fourth-order valence-electron chi connectivity index (χ4n) is 2.57. The normalized spacial score (nSPS) is 10.4. The van der Waals surface area contributed by atoms with E-state index in [1.807, 2.05) is 4.90 Å². The van der Waals surface area contributed by atoms with Crippen LogP contribution in [0.1, 0.15) is 10.4 Å². The minimum Gasteiger partial charge on any atom is -0.478 e. The Labute approximate surface area is 139 Å². The van der Waals surface area contributed by atoms with Gasteiger partial charge in [0, 0.05) is 24.3 Å². The third kappa shape index (κ3) is 3.76. The monoisotopic (exact) mass is 329 g/mol. The lowest BCUT2D eigenvalue weighted by molar-refractivity contribution is 0.0697. The molecule has 0 bridgehead atoms. The highest BCUT2D eigenvalue weighted by Crippen LogP contribution is 2.34. The van der Waals surface area contributed by atoms with E-state index in [1.54, 1.807) is 36.4 Å². The molecule has 0 aliphatic carbocycles. The lowest BCUT2D eigenvalue weighted by Crippen LogP contribution is -2.29. The van der Waals surface area contributed by atoms with Crippen LogP contribution in [0.3, 0.4) is 0 Å². The van der Waals surface area contributed by atoms with Crippen LogP contribution in [0.5, 0.6) is 0 Å². The summed E-state index contributed by atoms with van der Waals surface area (Å²) in [7, 11) is 0. The molecule has 2 aromatic rings. The summed E-state index contributed by atoms with van der Waals surface area (Å²) in [5.41, 5.74) is 9.46. The topological polar surface area (TPSA) is 117 Å². The molecule has 0 unspecified atom stereocenters. The summed E-state index contributed by atoms with van der Waals surface area (Å²) < 4.78 is 0. The van der Waals surface area contributed by atoms with Gasteiger partial charge in [-0.25, -0.2) is 10.3 Å². The van der Waals surface area contributed by atoms with Crippen LogP contribution in [0.2, 0.25) is 0 Å². The van der Waals surface area contributed by atoms with Gasteiger partial charge in [0.05, 0.1) is 24.5 Å². The molecule has 0 aromatic heterocycles. The SMILES string of the molecule is N=Nc1cccc(C(=O)O)c1-c1ccc(N(CCO)CCO)cc1. The molecular weight excluding hydrogens is 310 g/mol. The Morgan fingerprint density at radius 2 is 1.67 bits per heavy atom. The van der Waals surface area contributed by atoms with Crippen molar-refractivity contribution < 1.29 is 20.1 Å². The molecule has 0 saturated carbocycles. The molecule has 0 saturated heterocycles. The van der Waals surface area contributed by atoms with Gasteiger partial charge < -0.3 is 20.2 Å². The molecule has 0 aliphatic heterocycles. The first-order valence-corrected chi connectivity index (χ1v) is 7.43. The number of anilines is 1. The van der Waals surface area contributed by atoms with Gasteiger partial charge in [-0.3, -0.25) is 0 Å². The summed E-state index contributed by atoms with van der Waals surface area (Å²) in [5.74, 6) is -1.08. The van der Waals surface area contributed by atoms with E-state index in [0.29, 0.717) is 24.2 Å². The van der Waals surface area contributed by atoms with Crippen LogP contribution in [0.15, 0.2) is 47.6 Å². The predicted octanol–water partition coefficient (Wildman–Crippen LogP) is 2.51. The summed E-state index contributed by atoms with van der Waals surface area (Å²) in [6, 6.07) is 11.7. The summed E-state index contributed by atoms with van der Waals surface area (Å²) in [6.07, 6.45) is 0. The highest BCUT2D eigenvalue weighted by atomic mass is 16.4. The van der Waals surface area contributed by atoms with E-state index in [4.69, 9.17) is 15.7 Å². The van der Waals surface area contributed by atoms with Gasteiger partial charge in [-0.2, -0.15) is 5.11 Å². The maximum absolute atomic E-state index is 11.4. The van der Waals surface area contributed by atoms with Crippen molar-refractivity contribution in [3.8, 4) is 11.1 Å². The number of nitrogens with one attached hydrogen (secondary N) is 1. The average Bonchev–Trinajstić information content (AvgIpc) is 2.61. The molecule has 0 fully saturated rings. The molecule has 0 heterocycles. The number of hydrogen-bond donors (Lipinski definition) is 4. The van der Waals surface area contributed by atoms with E-state index in [-0.39, 0.29) is 24.5 Å². The second kappa shape index (κ2) is 8.19. The molecule has 2 aromatic carbocycles. The number of aliphatic hydroxyl groups excluding tert-OH is 2. The van der Waals surface area contributed by atoms with Crippen molar-refractivity contribution in [1.82, 2.24) is 0 Å². The van der Waals surface area contributed by atoms with Crippen molar-refractivity contribution in [2.24, 2.45) is 5.11 Å². The zero-order valence-electron chi connectivity index (χ0n) is 13.0. The second-order valence-electron chi connectivity index (χ2n) is 5.10. The Bertz CT molecular complexity index is 710. The summed E-state index contributed by atoms with van der Waals surface area (Å²) >= 11 is 0. The first-order valence-electron chi connectivity index (χ1n) is 7.43. The largest absolute Gasteiger partial charge is 0.478 e. The van der Waals surface area contributed by atoms with Crippen LogP contribution in [0, 0.1) is 5.53 Å². The standard InChI is InChI=1S/C17H19N3O4/c18-19-15-3-1-2-14(17(23)24)16(15)12-4-6-13(7-5-12)20(8-10-21)9-11-22/h1-7,18,21-22H,8-11H2,(H,23,24). The zero-order valence-corrected chi connectivity index (χ0v) is 13.0. The van der Waals surface area contributed by atoms with Crippen molar-refractivity contribution in [3.05, 3.63) is 48.0 Å². The van der Waals surface area contributed by atoms with Crippen LogP contribution in [-0.2, 0) is 0 Å². The van der Waals surface area contributed by atoms with Crippen LogP contribution < -0.4 is 4.90 Å². The number of benzene rings is 2. The van der Waals surface area contributed by atoms with E-state index in [1.165, 1.54) is 6.07 Å². The van der Waals surface area contributed by atoms with E-state index in [2.05, 4.69) is 5.11 Å². The smallest absolute Gasteiger partial charge is 0.336 e. The number of aliphatic hydroxyl groups is 2. The Morgan fingerprint density at radius 3 is 2.17 bits per heavy atom. The van der Waals surface area contributed by atoms with Crippen LogP contribution in [0.25, 0.3) is 11.1 Å². The van der Waals surface area contributed by atoms with Gasteiger partial charge in [-0.05, 0) is 29.8 Å². The summed E-state index contributed by atoms with van der Waals surface area (Å²) in [5, 5.41) is 31.0. The van der Waals surface area contributed by atoms with E-state index >= 15 is 0 Å². The van der Waals surface area contributed by atoms with Gasteiger partial charge in [-0.15, -0.1) is 0 Å².